The second-order valence-corrected chi connectivity index (χ2v) is 10.5. The van der Waals surface area contributed by atoms with Gasteiger partial charge in [0.1, 0.15) is 17.5 Å². The van der Waals surface area contributed by atoms with Crippen LogP contribution in [0.3, 0.4) is 0 Å². The van der Waals surface area contributed by atoms with Crippen molar-refractivity contribution < 1.29 is 13.2 Å². The van der Waals surface area contributed by atoms with Crippen LogP contribution in [0.5, 0.6) is 0 Å². The first-order valence-electron chi connectivity index (χ1n) is 12.4. The van der Waals surface area contributed by atoms with E-state index in [0.717, 1.165) is 55.1 Å². The van der Waals surface area contributed by atoms with Crippen LogP contribution in [-0.4, -0.2) is 0 Å². The van der Waals surface area contributed by atoms with E-state index in [2.05, 4.69) is 6.92 Å². The van der Waals surface area contributed by atoms with Crippen molar-refractivity contribution in [3.63, 3.8) is 0 Å². The lowest BCUT2D eigenvalue weighted by Gasteiger charge is -2.32. The van der Waals surface area contributed by atoms with Crippen molar-refractivity contribution in [2.45, 2.75) is 83.5 Å². The molecule has 2 aliphatic rings. The van der Waals surface area contributed by atoms with Gasteiger partial charge in [-0.15, -0.1) is 0 Å². The van der Waals surface area contributed by atoms with E-state index in [4.69, 9.17) is 11.6 Å². The molecule has 2 aromatic carbocycles. The zero-order valence-corrected chi connectivity index (χ0v) is 19.7. The van der Waals surface area contributed by atoms with E-state index < -0.39 is 17.5 Å². The van der Waals surface area contributed by atoms with E-state index in [-0.39, 0.29) is 22.1 Å². The van der Waals surface area contributed by atoms with Gasteiger partial charge in [0.15, 0.2) is 0 Å². The molecule has 174 valence electrons. The van der Waals surface area contributed by atoms with Gasteiger partial charge in [-0.1, -0.05) is 69.5 Å². The Balaban J connectivity index is 1.33. The number of hydrogen-bond donors (Lipinski definition) is 0. The number of hydrogen-bond acceptors (Lipinski definition) is 0. The highest BCUT2D eigenvalue weighted by Crippen LogP contribution is 2.41. The Morgan fingerprint density at radius 2 is 1.25 bits per heavy atom. The van der Waals surface area contributed by atoms with Crippen molar-refractivity contribution in [2.24, 2.45) is 17.8 Å². The van der Waals surface area contributed by atoms with Crippen molar-refractivity contribution in [3.8, 4) is 11.1 Å². The summed E-state index contributed by atoms with van der Waals surface area (Å²) >= 11 is 5.70. The summed E-state index contributed by atoms with van der Waals surface area (Å²) in [7, 11) is 0. The van der Waals surface area contributed by atoms with E-state index in [1.54, 1.807) is 0 Å². The Bertz CT molecular complexity index is 886. The monoisotopic (exact) mass is 462 g/mol. The van der Waals surface area contributed by atoms with E-state index in [9.17, 15) is 13.2 Å². The second-order valence-electron chi connectivity index (χ2n) is 10.1. The van der Waals surface area contributed by atoms with Crippen molar-refractivity contribution >= 4 is 11.6 Å². The average Bonchev–Trinajstić information content (AvgIpc) is 2.80. The lowest BCUT2D eigenvalue weighted by molar-refractivity contribution is 0.227. The second kappa shape index (κ2) is 10.6. The molecule has 0 aliphatic heterocycles. The molecular weight excluding hydrogens is 429 g/mol. The summed E-state index contributed by atoms with van der Waals surface area (Å²) in [5.74, 6) is 0.866. The molecule has 2 saturated carbocycles. The van der Waals surface area contributed by atoms with Crippen LogP contribution in [0.2, 0.25) is 5.02 Å². The normalized spacial score (nSPS) is 26.3. The molecule has 0 atom stereocenters. The molecule has 0 amide bonds. The molecule has 0 unspecified atom stereocenters. The van der Waals surface area contributed by atoms with E-state index in [0.29, 0.717) is 0 Å². The minimum absolute atomic E-state index is 0.0587. The van der Waals surface area contributed by atoms with Crippen molar-refractivity contribution in [1.29, 1.82) is 0 Å². The molecule has 2 aromatic rings. The van der Waals surface area contributed by atoms with Gasteiger partial charge in [-0.3, -0.25) is 0 Å². The third-order valence-electron chi connectivity index (χ3n) is 8.12. The Labute approximate surface area is 195 Å². The standard InChI is InChI=1S/C28H34ClF3/c1-2-18-3-5-19(6-4-18)7-8-20-9-11-21(12-10-20)23-16-26(31)28(27(32)17-23)22-13-14-24(29)25(30)15-22/h13-21H,2-12H2,1H3/t18-,19-,20-,21-. The fourth-order valence-electron chi connectivity index (χ4n) is 5.94. The lowest BCUT2D eigenvalue weighted by Crippen LogP contribution is -2.17. The van der Waals surface area contributed by atoms with Crippen molar-refractivity contribution in [1.82, 2.24) is 0 Å². The largest absolute Gasteiger partial charge is 0.206 e. The van der Waals surface area contributed by atoms with Crippen LogP contribution in [0.4, 0.5) is 13.2 Å². The predicted molar refractivity (Wildman–Crippen MR) is 126 cm³/mol. The summed E-state index contributed by atoms with van der Waals surface area (Å²) in [4.78, 5) is 0. The van der Waals surface area contributed by atoms with Crippen LogP contribution >= 0.6 is 11.6 Å². The maximum atomic E-state index is 14.8. The minimum atomic E-state index is -0.677. The topological polar surface area (TPSA) is 0 Å². The van der Waals surface area contributed by atoms with Crippen molar-refractivity contribution in [3.05, 3.63) is 58.4 Å². The maximum absolute atomic E-state index is 14.8. The zero-order valence-electron chi connectivity index (χ0n) is 19.0. The summed E-state index contributed by atoms with van der Waals surface area (Å²) in [6, 6.07) is 6.76. The SMILES string of the molecule is CC[C@H]1CC[C@H](CC[C@H]2CC[C@H](c3cc(F)c(-c4ccc(Cl)c(F)c4)c(F)c3)CC2)CC1. The summed E-state index contributed by atoms with van der Waals surface area (Å²) in [6.07, 6.45) is 13.8. The van der Waals surface area contributed by atoms with Gasteiger partial charge in [-0.05, 0) is 84.7 Å². The first-order valence-corrected chi connectivity index (χ1v) is 12.8. The number of halogens is 4. The van der Waals surface area contributed by atoms with Crippen molar-refractivity contribution in [2.75, 3.05) is 0 Å². The van der Waals surface area contributed by atoms with Gasteiger partial charge in [0.25, 0.3) is 0 Å². The lowest BCUT2D eigenvalue weighted by atomic mass is 9.74. The number of benzene rings is 2. The summed E-state index contributed by atoms with van der Waals surface area (Å²) in [5.41, 5.74) is 0.718. The van der Waals surface area contributed by atoms with Crippen LogP contribution in [0.25, 0.3) is 11.1 Å². The summed E-state index contributed by atoms with van der Waals surface area (Å²) in [6.45, 7) is 2.31. The molecule has 0 N–H and O–H groups in total. The number of rotatable bonds is 6. The highest BCUT2D eigenvalue weighted by molar-refractivity contribution is 6.30. The maximum Gasteiger partial charge on any atom is 0.142 e. The smallest absolute Gasteiger partial charge is 0.142 e. The summed E-state index contributed by atoms with van der Waals surface area (Å²) < 4.78 is 43.5. The van der Waals surface area contributed by atoms with E-state index >= 15 is 0 Å². The van der Waals surface area contributed by atoms with Gasteiger partial charge in [-0.25, -0.2) is 13.2 Å². The quantitative estimate of drug-likeness (QED) is 0.400. The molecule has 0 nitrogen and oxygen atoms in total. The van der Waals surface area contributed by atoms with Gasteiger partial charge in [0.2, 0.25) is 0 Å². The molecule has 32 heavy (non-hydrogen) atoms. The fraction of sp³-hybridized carbons (Fsp3) is 0.571. The van der Waals surface area contributed by atoms with E-state index in [1.165, 1.54) is 69.2 Å². The van der Waals surface area contributed by atoms with Gasteiger partial charge in [0.05, 0.1) is 10.6 Å². The third kappa shape index (κ3) is 5.53. The Kier molecular flexibility index (Phi) is 7.87. The molecule has 0 heterocycles. The summed E-state index contributed by atoms with van der Waals surface area (Å²) in [5, 5.41) is -0.0587. The molecule has 0 saturated heterocycles. The van der Waals surface area contributed by atoms with Gasteiger partial charge in [0, 0.05) is 0 Å². The zero-order chi connectivity index (χ0) is 22.7. The molecule has 0 bridgehead atoms. The molecule has 0 aromatic heterocycles. The Morgan fingerprint density at radius 3 is 1.78 bits per heavy atom. The Morgan fingerprint density at radius 1 is 0.719 bits per heavy atom. The molecule has 0 radical (unpaired) electrons. The predicted octanol–water partition coefficient (Wildman–Crippen LogP) is 9.69. The van der Waals surface area contributed by atoms with Crippen LogP contribution in [0.15, 0.2) is 30.3 Å². The van der Waals surface area contributed by atoms with Gasteiger partial charge < -0.3 is 0 Å². The third-order valence-corrected chi connectivity index (χ3v) is 8.42. The Hall–Kier alpha value is -1.48. The molecule has 2 aliphatic carbocycles. The van der Waals surface area contributed by atoms with Gasteiger partial charge in [-0.2, -0.15) is 0 Å². The highest BCUT2D eigenvalue weighted by Gasteiger charge is 2.26. The minimum Gasteiger partial charge on any atom is -0.206 e. The molecular formula is C28H34ClF3. The highest BCUT2D eigenvalue weighted by atomic mass is 35.5. The average molecular weight is 463 g/mol. The first kappa shape index (κ1) is 23.7. The molecule has 4 rings (SSSR count). The molecule has 0 spiro atoms. The van der Waals surface area contributed by atoms with Gasteiger partial charge >= 0.3 is 0 Å². The van der Waals surface area contributed by atoms with Crippen LogP contribution in [0, 0.1) is 35.2 Å². The van der Waals surface area contributed by atoms with Crippen LogP contribution in [0.1, 0.15) is 89.0 Å². The van der Waals surface area contributed by atoms with E-state index in [1.807, 2.05) is 0 Å². The van der Waals surface area contributed by atoms with Crippen LogP contribution in [-0.2, 0) is 0 Å². The molecule has 2 fully saturated rings. The first-order chi connectivity index (χ1) is 15.4. The molecule has 4 heteroatoms. The van der Waals surface area contributed by atoms with Crippen LogP contribution < -0.4 is 0 Å². The fourth-order valence-corrected chi connectivity index (χ4v) is 6.06.